The zero-order valence-electron chi connectivity index (χ0n) is 9.61. The summed E-state index contributed by atoms with van der Waals surface area (Å²) in [6, 6.07) is 7.68. The minimum Gasteiger partial charge on any atom is -0.468 e. The summed E-state index contributed by atoms with van der Waals surface area (Å²) in [5.74, 6) is 0.766. The van der Waals surface area contributed by atoms with E-state index in [4.69, 9.17) is 25.8 Å². The van der Waals surface area contributed by atoms with Gasteiger partial charge in [-0.3, -0.25) is 0 Å². The zero-order chi connectivity index (χ0) is 11.8. The van der Waals surface area contributed by atoms with Gasteiger partial charge in [0.15, 0.2) is 6.79 Å². The molecule has 0 aliphatic carbocycles. The first-order valence-corrected chi connectivity index (χ1v) is 5.61. The van der Waals surface area contributed by atoms with Crippen molar-refractivity contribution in [2.24, 2.45) is 0 Å². The Kier molecular flexibility index (Phi) is 6.23. The highest BCUT2D eigenvalue weighted by molar-refractivity contribution is 6.20. The van der Waals surface area contributed by atoms with Gasteiger partial charge in [-0.2, -0.15) is 0 Å². The maximum absolute atomic E-state index is 5.97. The smallest absolute Gasteiger partial charge is 0.189 e. The van der Waals surface area contributed by atoms with E-state index < -0.39 is 0 Å². The van der Waals surface area contributed by atoms with Crippen molar-refractivity contribution >= 4 is 11.6 Å². The molecule has 0 bridgehead atoms. The van der Waals surface area contributed by atoms with Gasteiger partial charge in [0.1, 0.15) is 5.75 Å². The molecule has 1 unspecified atom stereocenters. The van der Waals surface area contributed by atoms with Crippen LogP contribution in [-0.2, 0) is 9.47 Å². The summed E-state index contributed by atoms with van der Waals surface area (Å²) in [6.45, 7) is 3.25. The highest BCUT2D eigenvalue weighted by atomic mass is 35.5. The number of ether oxygens (including phenoxy) is 3. The minimum atomic E-state index is -0.0158. The molecular formula is C12H17ClO3. The van der Waals surface area contributed by atoms with E-state index in [0.29, 0.717) is 13.2 Å². The van der Waals surface area contributed by atoms with Crippen molar-refractivity contribution in [1.29, 1.82) is 0 Å². The number of hydrogen-bond acceptors (Lipinski definition) is 3. The van der Waals surface area contributed by atoms with Gasteiger partial charge in [0.25, 0.3) is 0 Å². The Bertz CT molecular complexity index is 302. The predicted octanol–water partition coefficient (Wildman–Crippen LogP) is 2.99. The lowest BCUT2D eigenvalue weighted by Gasteiger charge is -2.09. The molecule has 0 radical (unpaired) electrons. The molecule has 0 saturated carbocycles. The van der Waals surface area contributed by atoms with Crippen LogP contribution in [0.25, 0.3) is 0 Å². The minimum absolute atomic E-state index is 0.0158. The Morgan fingerprint density at radius 2 is 2.12 bits per heavy atom. The summed E-state index contributed by atoms with van der Waals surface area (Å²) in [5, 5.41) is -0.0158. The van der Waals surface area contributed by atoms with E-state index in [1.54, 1.807) is 7.11 Å². The number of halogens is 1. The molecule has 0 amide bonds. The van der Waals surface area contributed by atoms with Gasteiger partial charge in [0, 0.05) is 7.11 Å². The molecule has 0 fully saturated rings. The summed E-state index contributed by atoms with van der Waals surface area (Å²) in [7, 11) is 1.63. The van der Waals surface area contributed by atoms with Crippen LogP contribution in [0, 0.1) is 0 Å². The summed E-state index contributed by atoms with van der Waals surface area (Å²) in [5.41, 5.74) is 1.04. The van der Waals surface area contributed by atoms with Crippen LogP contribution < -0.4 is 4.74 Å². The average Bonchev–Trinajstić information content (AvgIpc) is 2.29. The lowest BCUT2D eigenvalue weighted by molar-refractivity contribution is -0.00849. The van der Waals surface area contributed by atoms with Crippen molar-refractivity contribution in [3.63, 3.8) is 0 Å². The third-order valence-corrected chi connectivity index (χ3v) is 2.31. The maximum atomic E-state index is 5.97. The van der Waals surface area contributed by atoms with Gasteiger partial charge in [-0.1, -0.05) is 12.1 Å². The van der Waals surface area contributed by atoms with Crippen molar-refractivity contribution in [2.45, 2.75) is 12.3 Å². The van der Waals surface area contributed by atoms with E-state index in [9.17, 15) is 0 Å². The highest BCUT2D eigenvalue weighted by Gasteiger charge is 2.02. The fraction of sp³-hybridized carbons (Fsp3) is 0.500. The SMILES string of the molecule is COCCOCOc1cccc(C(C)Cl)c1. The van der Waals surface area contributed by atoms with Crippen LogP contribution in [0.15, 0.2) is 24.3 Å². The first-order valence-electron chi connectivity index (χ1n) is 5.17. The van der Waals surface area contributed by atoms with Crippen molar-refractivity contribution in [1.82, 2.24) is 0 Å². The Morgan fingerprint density at radius 1 is 1.31 bits per heavy atom. The van der Waals surface area contributed by atoms with E-state index in [0.717, 1.165) is 11.3 Å². The Hall–Kier alpha value is -0.770. The van der Waals surface area contributed by atoms with E-state index in [-0.39, 0.29) is 12.2 Å². The van der Waals surface area contributed by atoms with Gasteiger partial charge in [-0.05, 0) is 24.6 Å². The molecule has 1 aromatic carbocycles. The van der Waals surface area contributed by atoms with Gasteiger partial charge >= 0.3 is 0 Å². The molecule has 1 rings (SSSR count). The lowest BCUT2D eigenvalue weighted by Crippen LogP contribution is -2.07. The summed E-state index contributed by atoms with van der Waals surface area (Å²) >= 11 is 5.97. The van der Waals surface area contributed by atoms with Crippen LogP contribution in [0.3, 0.4) is 0 Å². The van der Waals surface area contributed by atoms with Crippen molar-refractivity contribution in [3.05, 3.63) is 29.8 Å². The second-order valence-electron chi connectivity index (χ2n) is 3.35. The van der Waals surface area contributed by atoms with Gasteiger partial charge in [-0.25, -0.2) is 0 Å². The van der Waals surface area contributed by atoms with Crippen LogP contribution in [-0.4, -0.2) is 27.1 Å². The molecule has 0 heterocycles. The topological polar surface area (TPSA) is 27.7 Å². The molecule has 0 aliphatic rings. The predicted molar refractivity (Wildman–Crippen MR) is 64.0 cm³/mol. The van der Waals surface area contributed by atoms with E-state index >= 15 is 0 Å². The molecule has 90 valence electrons. The van der Waals surface area contributed by atoms with Crippen molar-refractivity contribution in [2.75, 3.05) is 27.1 Å². The lowest BCUT2D eigenvalue weighted by atomic mass is 10.1. The Morgan fingerprint density at radius 3 is 2.81 bits per heavy atom. The third kappa shape index (κ3) is 4.84. The molecule has 1 aromatic rings. The van der Waals surface area contributed by atoms with Crippen LogP contribution in [0.2, 0.25) is 0 Å². The molecule has 3 nitrogen and oxygen atoms in total. The largest absolute Gasteiger partial charge is 0.468 e. The molecule has 0 spiro atoms. The Balaban J connectivity index is 2.33. The second-order valence-corrected chi connectivity index (χ2v) is 4.01. The Labute approximate surface area is 101 Å². The van der Waals surface area contributed by atoms with Gasteiger partial charge in [-0.15, -0.1) is 11.6 Å². The molecule has 0 N–H and O–H groups in total. The molecule has 0 aliphatic heterocycles. The molecule has 4 heteroatoms. The second kappa shape index (κ2) is 7.49. The quantitative estimate of drug-likeness (QED) is 0.419. The van der Waals surface area contributed by atoms with E-state index in [1.807, 2.05) is 31.2 Å². The van der Waals surface area contributed by atoms with Gasteiger partial charge in [0.2, 0.25) is 0 Å². The average molecular weight is 245 g/mol. The van der Waals surface area contributed by atoms with Crippen LogP contribution in [0.4, 0.5) is 0 Å². The number of benzene rings is 1. The zero-order valence-corrected chi connectivity index (χ0v) is 10.4. The maximum Gasteiger partial charge on any atom is 0.189 e. The molecule has 1 atom stereocenters. The van der Waals surface area contributed by atoms with E-state index in [2.05, 4.69) is 0 Å². The first kappa shape index (κ1) is 13.3. The molecule has 0 aromatic heterocycles. The first-order chi connectivity index (χ1) is 7.74. The standard InChI is InChI=1S/C12H17ClO3/c1-10(13)11-4-3-5-12(8-11)16-9-15-7-6-14-2/h3-5,8,10H,6-7,9H2,1-2H3. The van der Waals surface area contributed by atoms with Crippen LogP contribution >= 0.6 is 11.6 Å². The third-order valence-electron chi connectivity index (χ3n) is 2.06. The normalized spacial score (nSPS) is 12.4. The van der Waals surface area contributed by atoms with E-state index in [1.165, 1.54) is 0 Å². The number of alkyl halides is 1. The number of methoxy groups -OCH3 is 1. The monoisotopic (exact) mass is 244 g/mol. The molecule has 0 saturated heterocycles. The highest BCUT2D eigenvalue weighted by Crippen LogP contribution is 2.23. The summed E-state index contributed by atoms with van der Waals surface area (Å²) in [4.78, 5) is 0. The number of rotatable bonds is 7. The van der Waals surface area contributed by atoms with Crippen molar-refractivity contribution in [3.8, 4) is 5.75 Å². The molecule has 16 heavy (non-hydrogen) atoms. The summed E-state index contributed by atoms with van der Waals surface area (Å²) < 4.78 is 15.5. The van der Waals surface area contributed by atoms with Gasteiger partial charge < -0.3 is 14.2 Å². The fourth-order valence-corrected chi connectivity index (χ4v) is 1.30. The van der Waals surface area contributed by atoms with Crippen LogP contribution in [0.5, 0.6) is 5.75 Å². The van der Waals surface area contributed by atoms with Crippen molar-refractivity contribution < 1.29 is 14.2 Å². The molecular weight excluding hydrogens is 228 g/mol. The van der Waals surface area contributed by atoms with Crippen LogP contribution in [0.1, 0.15) is 17.9 Å². The summed E-state index contributed by atoms with van der Waals surface area (Å²) in [6.07, 6.45) is 0. The van der Waals surface area contributed by atoms with Gasteiger partial charge in [0.05, 0.1) is 18.6 Å². The fourth-order valence-electron chi connectivity index (χ4n) is 1.16. The number of hydrogen-bond donors (Lipinski definition) is 0.